The summed E-state index contributed by atoms with van der Waals surface area (Å²) in [6, 6.07) is 17.2. The van der Waals surface area contributed by atoms with Crippen LogP contribution in [0.15, 0.2) is 76.5 Å². The summed E-state index contributed by atoms with van der Waals surface area (Å²) in [5, 5.41) is 3.57. The maximum atomic E-state index is 14.3. The first-order valence-corrected chi connectivity index (χ1v) is 17.9. The molecule has 0 saturated heterocycles. The number of anilines is 1. The molecule has 3 aromatic carbocycles. The first-order chi connectivity index (χ1) is 21.1. The van der Waals surface area contributed by atoms with E-state index in [1.165, 1.54) is 28.8 Å². The van der Waals surface area contributed by atoms with Crippen molar-refractivity contribution in [1.82, 2.24) is 10.2 Å². The van der Waals surface area contributed by atoms with Crippen LogP contribution in [0.5, 0.6) is 5.75 Å². The summed E-state index contributed by atoms with van der Waals surface area (Å²) in [6.45, 7) is 5.65. The molecule has 44 heavy (non-hydrogen) atoms. The van der Waals surface area contributed by atoms with Crippen molar-refractivity contribution < 1.29 is 22.7 Å². The second kappa shape index (κ2) is 17.0. The van der Waals surface area contributed by atoms with Crippen LogP contribution < -0.4 is 14.4 Å². The fourth-order valence-electron chi connectivity index (χ4n) is 4.61. The number of ether oxygens (including phenoxy) is 1. The number of para-hydroxylation sites is 2. The Bertz CT molecular complexity index is 1500. The lowest BCUT2D eigenvalue weighted by Gasteiger charge is -2.34. The Kier molecular flexibility index (Phi) is 13.7. The molecule has 0 saturated carbocycles. The Morgan fingerprint density at radius 2 is 1.61 bits per heavy atom. The van der Waals surface area contributed by atoms with Crippen LogP contribution >= 0.6 is 35.0 Å². The van der Waals surface area contributed by atoms with Crippen molar-refractivity contribution in [3.8, 4) is 5.75 Å². The van der Waals surface area contributed by atoms with E-state index >= 15 is 0 Å². The predicted molar refractivity (Wildman–Crippen MR) is 179 cm³/mol. The number of carbonyl (C=O) groups is 2. The van der Waals surface area contributed by atoms with Crippen molar-refractivity contribution in [2.45, 2.75) is 62.4 Å². The van der Waals surface area contributed by atoms with Gasteiger partial charge in [-0.1, -0.05) is 61.7 Å². The Balaban J connectivity index is 2.13. The van der Waals surface area contributed by atoms with Crippen LogP contribution in [0.4, 0.5) is 5.69 Å². The highest BCUT2D eigenvalue weighted by atomic mass is 35.5. The Morgan fingerprint density at radius 1 is 0.955 bits per heavy atom. The molecule has 2 amide bonds. The second-order valence-corrected chi connectivity index (χ2v) is 13.4. The van der Waals surface area contributed by atoms with Gasteiger partial charge in [-0.05, 0) is 74.6 Å². The Hall–Kier alpha value is -2.92. The Labute approximate surface area is 275 Å². The van der Waals surface area contributed by atoms with Gasteiger partial charge in [0, 0.05) is 33.6 Å². The highest BCUT2D eigenvalue weighted by molar-refractivity contribution is 7.98. The van der Waals surface area contributed by atoms with Crippen LogP contribution in [0.1, 0.15) is 45.6 Å². The van der Waals surface area contributed by atoms with Gasteiger partial charge in [-0.15, -0.1) is 11.8 Å². The molecule has 0 aliphatic rings. The van der Waals surface area contributed by atoms with Gasteiger partial charge < -0.3 is 15.0 Å². The normalized spacial score (nSPS) is 12.0. The molecule has 3 aromatic rings. The summed E-state index contributed by atoms with van der Waals surface area (Å²) < 4.78 is 35.3. The number of halogens is 2. The van der Waals surface area contributed by atoms with Crippen molar-refractivity contribution in [1.29, 1.82) is 0 Å². The maximum Gasteiger partial charge on any atom is 0.264 e. The molecule has 12 heteroatoms. The van der Waals surface area contributed by atoms with Crippen LogP contribution in [0.3, 0.4) is 0 Å². The van der Waals surface area contributed by atoms with Crippen LogP contribution in [0.25, 0.3) is 0 Å². The molecular weight excluding hydrogens is 641 g/mol. The van der Waals surface area contributed by atoms with E-state index in [2.05, 4.69) is 5.32 Å². The van der Waals surface area contributed by atoms with E-state index in [9.17, 15) is 18.0 Å². The third kappa shape index (κ3) is 8.84. The lowest BCUT2D eigenvalue weighted by molar-refractivity contribution is -0.140. The number of hydrogen-bond acceptors (Lipinski definition) is 6. The van der Waals surface area contributed by atoms with Gasteiger partial charge in [0.2, 0.25) is 11.8 Å². The highest BCUT2D eigenvalue weighted by Gasteiger charge is 2.35. The molecule has 0 aromatic heterocycles. The van der Waals surface area contributed by atoms with Gasteiger partial charge in [0.25, 0.3) is 10.0 Å². The molecule has 0 aliphatic carbocycles. The topological polar surface area (TPSA) is 96.0 Å². The van der Waals surface area contributed by atoms with Crippen molar-refractivity contribution in [3.63, 3.8) is 0 Å². The minimum absolute atomic E-state index is 0.0134. The van der Waals surface area contributed by atoms with Gasteiger partial charge in [-0.25, -0.2) is 8.42 Å². The monoisotopic (exact) mass is 679 g/mol. The van der Waals surface area contributed by atoms with E-state index in [4.69, 9.17) is 27.9 Å². The number of nitrogens with zero attached hydrogens (tertiary/aromatic N) is 2. The summed E-state index contributed by atoms with van der Waals surface area (Å²) in [4.78, 5) is 30.0. The van der Waals surface area contributed by atoms with E-state index in [-0.39, 0.29) is 36.1 Å². The molecule has 1 atom stereocenters. The minimum atomic E-state index is -4.26. The number of benzene rings is 3. The van der Waals surface area contributed by atoms with E-state index in [1.54, 1.807) is 68.4 Å². The van der Waals surface area contributed by atoms with Crippen molar-refractivity contribution >= 4 is 62.5 Å². The minimum Gasteiger partial charge on any atom is -0.492 e. The van der Waals surface area contributed by atoms with Crippen LogP contribution in [-0.4, -0.2) is 57.1 Å². The lowest BCUT2D eigenvalue weighted by Crippen LogP contribution is -2.52. The fraction of sp³-hybridized carbons (Fsp3) is 0.375. The zero-order valence-electron chi connectivity index (χ0n) is 25.4. The molecule has 0 aliphatic heterocycles. The fourth-order valence-corrected chi connectivity index (χ4v) is 6.96. The number of unbranched alkanes of at least 4 members (excludes halogenated alkanes) is 1. The quantitative estimate of drug-likeness (QED) is 0.129. The van der Waals surface area contributed by atoms with E-state index < -0.39 is 28.5 Å². The summed E-state index contributed by atoms with van der Waals surface area (Å²) in [5.74, 6) is -0.638. The molecule has 238 valence electrons. The largest absolute Gasteiger partial charge is 0.492 e. The molecule has 0 bridgehead atoms. The number of amides is 2. The first-order valence-electron chi connectivity index (χ1n) is 14.5. The molecule has 0 fully saturated rings. The number of sulfonamides is 1. The smallest absolute Gasteiger partial charge is 0.264 e. The van der Waals surface area contributed by atoms with Crippen molar-refractivity contribution in [2.75, 3.05) is 30.3 Å². The Morgan fingerprint density at radius 3 is 2.20 bits per heavy atom. The van der Waals surface area contributed by atoms with Gasteiger partial charge >= 0.3 is 0 Å². The second-order valence-electron chi connectivity index (χ2n) is 9.88. The van der Waals surface area contributed by atoms with Gasteiger partial charge in [0.05, 0.1) is 17.2 Å². The van der Waals surface area contributed by atoms with Crippen molar-refractivity contribution in [3.05, 3.63) is 82.3 Å². The lowest BCUT2D eigenvalue weighted by atomic mass is 10.1. The van der Waals surface area contributed by atoms with E-state index in [1.807, 2.05) is 13.2 Å². The number of hydrogen-bond donors (Lipinski definition) is 1. The zero-order valence-corrected chi connectivity index (χ0v) is 28.5. The zero-order chi connectivity index (χ0) is 32.3. The highest BCUT2D eigenvalue weighted by Crippen LogP contribution is 2.34. The standard InChI is InChI=1S/C32H39Cl2N3O5S2/c1-5-8-20-35-32(39)28(6-2)36(21-25-26(33)12-11-13-27(25)34)31(38)22-37(29-14-9-10-15-30(29)42-7-3)44(40,41)24-18-16-23(43-4)17-19-24/h9-19,28H,5-8,20-22H2,1-4H3,(H,35,39)/t28-/m1/s1. The van der Waals surface area contributed by atoms with Gasteiger partial charge in [-0.2, -0.15) is 0 Å². The van der Waals surface area contributed by atoms with Crippen LogP contribution in [0, 0.1) is 0 Å². The summed E-state index contributed by atoms with van der Waals surface area (Å²) in [5.41, 5.74) is 0.661. The number of carbonyl (C=O) groups excluding carboxylic acids is 2. The van der Waals surface area contributed by atoms with Gasteiger partial charge in [0.15, 0.2) is 0 Å². The first kappa shape index (κ1) is 35.6. The van der Waals surface area contributed by atoms with Crippen LogP contribution in [-0.2, 0) is 26.2 Å². The maximum absolute atomic E-state index is 14.3. The molecule has 0 heterocycles. The molecule has 0 radical (unpaired) electrons. The number of thioether (sulfide) groups is 1. The number of rotatable bonds is 16. The number of nitrogens with one attached hydrogen (secondary N) is 1. The third-order valence-electron chi connectivity index (χ3n) is 6.97. The molecule has 0 unspecified atom stereocenters. The van der Waals surface area contributed by atoms with Crippen molar-refractivity contribution in [2.24, 2.45) is 0 Å². The average Bonchev–Trinajstić information content (AvgIpc) is 3.01. The molecule has 0 spiro atoms. The summed E-state index contributed by atoms with van der Waals surface area (Å²) in [6.07, 6.45) is 3.85. The summed E-state index contributed by atoms with van der Waals surface area (Å²) in [7, 11) is -4.26. The SMILES string of the molecule is CCCCNC(=O)[C@@H](CC)N(Cc1c(Cl)cccc1Cl)C(=O)CN(c1ccccc1OCC)S(=O)(=O)c1ccc(SC)cc1. The molecule has 1 N–H and O–H groups in total. The average molecular weight is 681 g/mol. The van der Waals surface area contributed by atoms with Crippen LogP contribution in [0.2, 0.25) is 10.0 Å². The molecule has 3 rings (SSSR count). The molecular formula is C32H39Cl2N3O5S2. The summed E-state index contributed by atoms with van der Waals surface area (Å²) >= 11 is 14.5. The third-order valence-corrected chi connectivity index (χ3v) is 10.2. The van der Waals surface area contributed by atoms with Gasteiger partial charge in [-0.3, -0.25) is 13.9 Å². The van der Waals surface area contributed by atoms with E-state index in [0.29, 0.717) is 27.9 Å². The molecule has 8 nitrogen and oxygen atoms in total. The predicted octanol–water partition coefficient (Wildman–Crippen LogP) is 7.03. The van der Waals surface area contributed by atoms with E-state index in [0.717, 1.165) is 22.0 Å². The van der Waals surface area contributed by atoms with Gasteiger partial charge in [0.1, 0.15) is 18.3 Å².